The molecule has 7 heteroatoms. The Kier molecular flexibility index (Phi) is 5.59. The summed E-state index contributed by atoms with van der Waals surface area (Å²) in [5.41, 5.74) is 1.48. The number of carbonyl (C=O) groups is 1. The second kappa shape index (κ2) is 8.07. The minimum Gasteiger partial charge on any atom is -0.494 e. The van der Waals surface area contributed by atoms with Crippen LogP contribution in [-0.2, 0) is 4.79 Å². The van der Waals surface area contributed by atoms with Gasteiger partial charge in [-0.3, -0.25) is 14.9 Å². The number of rotatable bonds is 7. The van der Waals surface area contributed by atoms with Crippen molar-refractivity contribution in [2.24, 2.45) is 0 Å². The van der Waals surface area contributed by atoms with E-state index in [2.05, 4.69) is 0 Å². The molecule has 1 aliphatic rings. The highest BCUT2D eigenvalue weighted by molar-refractivity contribution is 6.00. The van der Waals surface area contributed by atoms with Gasteiger partial charge in [-0.25, -0.2) is 0 Å². The van der Waals surface area contributed by atoms with Crippen LogP contribution >= 0.6 is 0 Å². The molecular weight excluding hydrogens is 348 g/mol. The maximum Gasteiger partial charge on any atom is 0.271 e. The largest absolute Gasteiger partial charge is 0.494 e. The topological polar surface area (TPSA) is 81.9 Å². The maximum absolute atomic E-state index is 12.7. The lowest BCUT2D eigenvalue weighted by Crippen LogP contribution is -2.46. The number of fused-ring (bicyclic) bond motifs is 1. The van der Waals surface area contributed by atoms with E-state index in [0.29, 0.717) is 37.4 Å². The van der Waals surface area contributed by atoms with Crippen molar-refractivity contribution in [2.75, 3.05) is 18.1 Å². The van der Waals surface area contributed by atoms with Crippen molar-refractivity contribution in [1.82, 2.24) is 0 Å². The molecule has 1 atom stereocenters. The van der Waals surface area contributed by atoms with Gasteiger partial charge in [-0.05, 0) is 43.5 Å². The van der Waals surface area contributed by atoms with Gasteiger partial charge < -0.3 is 14.4 Å². The Morgan fingerprint density at radius 1 is 1.26 bits per heavy atom. The van der Waals surface area contributed by atoms with Crippen LogP contribution in [0.5, 0.6) is 11.5 Å². The van der Waals surface area contributed by atoms with Gasteiger partial charge in [0, 0.05) is 18.7 Å². The third kappa shape index (κ3) is 4.19. The molecule has 2 aromatic carbocycles. The fourth-order valence-corrected chi connectivity index (χ4v) is 3.03. The number of carbonyl (C=O) groups excluding carboxylic acids is 1. The molecule has 0 fully saturated rings. The van der Waals surface area contributed by atoms with Crippen molar-refractivity contribution in [3.63, 3.8) is 0 Å². The lowest BCUT2D eigenvalue weighted by atomic mass is 10.1. The first-order valence-electron chi connectivity index (χ1n) is 8.95. The van der Waals surface area contributed by atoms with Gasteiger partial charge in [-0.15, -0.1) is 0 Å². The molecule has 2 aromatic rings. The third-order valence-corrected chi connectivity index (χ3v) is 4.41. The predicted octanol–water partition coefficient (Wildman–Crippen LogP) is 3.88. The average Bonchev–Trinajstić information content (AvgIpc) is 2.65. The summed E-state index contributed by atoms with van der Waals surface area (Å²) in [7, 11) is 0. The zero-order valence-corrected chi connectivity index (χ0v) is 15.4. The molecular formula is C20H22N2O5. The summed E-state index contributed by atoms with van der Waals surface area (Å²) < 4.78 is 11.4. The molecule has 0 bridgehead atoms. The standard InChI is InChI=1S/C20H22N2O5/c1-3-18-20(23)21(10-5-11-26-16-7-4-6-14(2)12-16)17-13-15(22(24)25)8-9-19(17)27-18/h4,6-9,12-13,18H,3,5,10-11H2,1-2H3. The van der Waals surface area contributed by atoms with Crippen molar-refractivity contribution < 1.29 is 19.2 Å². The number of nitrogens with zero attached hydrogens (tertiary/aromatic N) is 2. The van der Waals surface area contributed by atoms with E-state index in [1.807, 2.05) is 38.1 Å². The number of nitro benzene ring substituents is 1. The molecule has 27 heavy (non-hydrogen) atoms. The predicted molar refractivity (Wildman–Crippen MR) is 101 cm³/mol. The summed E-state index contributed by atoms with van der Waals surface area (Å²) in [5, 5.41) is 11.1. The third-order valence-electron chi connectivity index (χ3n) is 4.41. The van der Waals surface area contributed by atoms with Crippen LogP contribution < -0.4 is 14.4 Å². The molecule has 0 saturated heterocycles. The van der Waals surface area contributed by atoms with Gasteiger partial charge in [0.1, 0.15) is 11.5 Å². The van der Waals surface area contributed by atoms with Crippen molar-refractivity contribution in [1.29, 1.82) is 0 Å². The monoisotopic (exact) mass is 370 g/mol. The van der Waals surface area contributed by atoms with Crippen LogP contribution in [0.2, 0.25) is 0 Å². The summed E-state index contributed by atoms with van der Waals surface area (Å²) in [5.74, 6) is 1.10. The molecule has 0 radical (unpaired) electrons. The lowest BCUT2D eigenvalue weighted by molar-refractivity contribution is -0.384. The quantitative estimate of drug-likeness (QED) is 0.420. The minimum absolute atomic E-state index is 0.0684. The molecule has 1 amide bonds. The second-order valence-corrected chi connectivity index (χ2v) is 6.43. The fourth-order valence-electron chi connectivity index (χ4n) is 3.03. The van der Waals surface area contributed by atoms with Gasteiger partial charge in [0.25, 0.3) is 11.6 Å². The summed E-state index contributed by atoms with van der Waals surface area (Å²) in [4.78, 5) is 24.9. The smallest absolute Gasteiger partial charge is 0.271 e. The van der Waals surface area contributed by atoms with Gasteiger partial charge in [0.2, 0.25) is 0 Å². The first-order chi connectivity index (χ1) is 13.0. The number of ether oxygens (including phenoxy) is 2. The average molecular weight is 370 g/mol. The zero-order valence-electron chi connectivity index (χ0n) is 15.4. The van der Waals surface area contributed by atoms with Crippen molar-refractivity contribution in [3.8, 4) is 11.5 Å². The Labute approximate surface area is 157 Å². The van der Waals surface area contributed by atoms with E-state index in [1.165, 1.54) is 12.1 Å². The summed E-state index contributed by atoms with van der Waals surface area (Å²) in [6, 6.07) is 12.1. The van der Waals surface area contributed by atoms with Crippen LogP contribution in [0.1, 0.15) is 25.3 Å². The Morgan fingerprint density at radius 3 is 2.78 bits per heavy atom. The van der Waals surface area contributed by atoms with E-state index in [4.69, 9.17) is 9.47 Å². The molecule has 0 aliphatic carbocycles. The van der Waals surface area contributed by atoms with Crippen LogP contribution in [0.15, 0.2) is 42.5 Å². The summed E-state index contributed by atoms with van der Waals surface area (Å²) in [6.45, 7) is 4.71. The molecule has 1 unspecified atom stereocenters. The van der Waals surface area contributed by atoms with Crippen molar-refractivity contribution in [3.05, 3.63) is 58.1 Å². The van der Waals surface area contributed by atoms with E-state index in [1.54, 1.807) is 11.0 Å². The SMILES string of the molecule is CCC1Oc2ccc([N+](=O)[O-])cc2N(CCCOc2cccc(C)c2)C1=O. The number of amides is 1. The molecule has 0 aromatic heterocycles. The van der Waals surface area contributed by atoms with Crippen molar-refractivity contribution in [2.45, 2.75) is 32.8 Å². The van der Waals surface area contributed by atoms with E-state index < -0.39 is 11.0 Å². The fraction of sp³-hybridized carbons (Fsp3) is 0.350. The van der Waals surface area contributed by atoms with Crippen LogP contribution in [0.4, 0.5) is 11.4 Å². The van der Waals surface area contributed by atoms with E-state index in [-0.39, 0.29) is 11.6 Å². The molecule has 142 valence electrons. The maximum atomic E-state index is 12.7. The van der Waals surface area contributed by atoms with Crippen LogP contribution in [0.25, 0.3) is 0 Å². The van der Waals surface area contributed by atoms with Crippen molar-refractivity contribution >= 4 is 17.3 Å². The lowest BCUT2D eigenvalue weighted by Gasteiger charge is -2.33. The summed E-state index contributed by atoms with van der Waals surface area (Å²) in [6.07, 6.45) is 0.556. The van der Waals surface area contributed by atoms with Crippen LogP contribution in [-0.4, -0.2) is 30.1 Å². The molecule has 1 heterocycles. The first kappa shape index (κ1) is 18.7. The van der Waals surface area contributed by atoms with Gasteiger partial charge >= 0.3 is 0 Å². The van der Waals surface area contributed by atoms with Crippen LogP contribution in [0, 0.1) is 17.0 Å². The number of anilines is 1. The number of aryl methyl sites for hydroxylation is 1. The van der Waals surface area contributed by atoms with E-state index in [0.717, 1.165) is 11.3 Å². The number of non-ortho nitro benzene ring substituents is 1. The highest BCUT2D eigenvalue weighted by Crippen LogP contribution is 2.37. The number of hydrogen-bond donors (Lipinski definition) is 0. The number of nitro groups is 1. The van der Waals surface area contributed by atoms with Crippen LogP contribution in [0.3, 0.4) is 0 Å². The van der Waals surface area contributed by atoms with Gasteiger partial charge in [-0.1, -0.05) is 19.1 Å². The highest BCUT2D eigenvalue weighted by Gasteiger charge is 2.34. The molecule has 3 rings (SSSR count). The molecule has 0 N–H and O–H groups in total. The first-order valence-corrected chi connectivity index (χ1v) is 8.95. The van der Waals surface area contributed by atoms with Gasteiger partial charge in [0.15, 0.2) is 6.10 Å². The second-order valence-electron chi connectivity index (χ2n) is 6.43. The number of benzene rings is 2. The summed E-state index contributed by atoms with van der Waals surface area (Å²) >= 11 is 0. The zero-order chi connectivity index (χ0) is 19.4. The number of hydrogen-bond acceptors (Lipinski definition) is 5. The molecule has 1 aliphatic heterocycles. The van der Waals surface area contributed by atoms with E-state index in [9.17, 15) is 14.9 Å². The molecule has 7 nitrogen and oxygen atoms in total. The highest BCUT2D eigenvalue weighted by atomic mass is 16.6. The van der Waals surface area contributed by atoms with E-state index >= 15 is 0 Å². The van der Waals surface area contributed by atoms with Gasteiger partial charge in [-0.2, -0.15) is 0 Å². The Balaban J connectivity index is 1.72. The molecule has 0 spiro atoms. The Hall–Kier alpha value is -3.09. The Morgan fingerprint density at radius 2 is 2.07 bits per heavy atom. The molecule has 0 saturated carbocycles. The Bertz CT molecular complexity index is 852. The van der Waals surface area contributed by atoms with Gasteiger partial charge in [0.05, 0.1) is 17.2 Å². The normalized spacial score (nSPS) is 15.9. The minimum atomic E-state index is -0.573.